The number of carbonyl (C=O) groups is 1. The Kier molecular flexibility index (Phi) is 5.09. The lowest BCUT2D eigenvalue weighted by Gasteiger charge is -2.27. The predicted octanol–water partition coefficient (Wildman–Crippen LogP) is 4.23. The zero-order valence-electron chi connectivity index (χ0n) is 15.1. The van der Waals surface area contributed by atoms with Crippen molar-refractivity contribution in [2.24, 2.45) is 5.92 Å². The number of hydrogen-bond donors (Lipinski definition) is 1. The van der Waals surface area contributed by atoms with Gasteiger partial charge in [-0.25, -0.2) is 4.98 Å². The number of aromatic nitrogens is 2. The van der Waals surface area contributed by atoms with Crippen molar-refractivity contribution in [2.75, 3.05) is 0 Å². The molecular formula is C19H27N3OS. The van der Waals surface area contributed by atoms with E-state index >= 15 is 0 Å². The highest BCUT2D eigenvalue weighted by molar-refractivity contribution is 7.09. The standard InChI is InChI=1S/C19H27N3OS/c1-12-5-7-16(8-6-12)21-19(23)10-22-13(2)9-17(14(22)3)18-11-24-15(4)20-18/h9,11-12,16H,5-8,10H2,1-4H3,(H,21,23). The third kappa shape index (κ3) is 3.72. The van der Waals surface area contributed by atoms with Gasteiger partial charge in [-0.2, -0.15) is 0 Å². The summed E-state index contributed by atoms with van der Waals surface area (Å²) in [6.07, 6.45) is 4.67. The van der Waals surface area contributed by atoms with Crippen LogP contribution in [0.25, 0.3) is 11.3 Å². The number of thiazole rings is 1. The van der Waals surface area contributed by atoms with E-state index in [9.17, 15) is 4.79 Å². The molecule has 130 valence electrons. The summed E-state index contributed by atoms with van der Waals surface area (Å²) >= 11 is 1.66. The van der Waals surface area contributed by atoms with Gasteiger partial charge in [-0.1, -0.05) is 6.92 Å². The summed E-state index contributed by atoms with van der Waals surface area (Å²) in [6, 6.07) is 2.49. The van der Waals surface area contributed by atoms with Crippen molar-refractivity contribution < 1.29 is 4.79 Å². The van der Waals surface area contributed by atoms with Crippen molar-refractivity contribution in [2.45, 2.75) is 66.0 Å². The number of hydrogen-bond acceptors (Lipinski definition) is 3. The maximum Gasteiger partial charge on any atom is 0.240 e. The monoisotopic (exact) mass is 345 g/mol. The molecule has 4 nitrogen and oxygen atoms in total. The summed E-state index contributed by atoms with van der Waals surface area (Å²) in [5.74, 6) is 0.925. The summed E-state index contributed by atoms with van der Waals surface area (Å²) in [5, 5.41) is 6.38. The van der Waals surface area contributed by atoms with Crippen molar-refractivity contribution in [3.8, 4) is 11.3 Å². The minimum atomic E-state index is 0.123. The van der Waals surface area contributed by atoms with Crippen molar-refractivity contribution in [3.05, 3.63) is 27.8 Å². The summed E-state index contributed by atoms with van der Waals surface area (Å²) in [7, 11) is 0. The van der Waals surface area contributed by atoms with Crippen LogP contribution >= 0.6 is 11.3 Å². The van der Waals surface area contributed by atoms with E-state index in [1.165, 1.54) is 12.8 Å². The van der Waals surface area contributed by atoms with Gasteiger partial charge in [0.15, 0.2) is 0 Å². The largest absolute Gasteiger partial charge is 0.352 e. The molecule has 1 N–H and O–H groups in total. The van der Waals surface area contributed by atoms with Crippen LogP contribution in [-0.2, 0) is 11.3 Å². The lowest BCUT2D eigenvalue weighted by atomic mass is 9.87. The molecule has 0 saturated heterocycles. The van der Waals surface area contributed by atoms with E-state index in [4.69, 9.17) is 0 Å². The molecule has 0 atom stereocenters. The van der Waals surface area contributed by atoms with Crippen LogP contribution < -0.4 is 5.32 Å². The maximum absolute atomic E-state index is 12.5. The number of amides is 1. The Bertz CT molecular complexity index is 723. The van der Waals surface area contributed by atoms with E-state index in [1.54, 1.807) is 11.3 Å². The fourth-order valence-corrected chi connectivity index (χ4v) is 4.23. The summed E-state index contributed by atoms with van der Waals surface area (Å²) in [6.45, 7) is 8.85. The first kappa shape index (κ1) is 17.2. The van der Waals surface area contributed by atoms with Gasteiger partial charge in [0.2, 0.25) is 5.91 Å². The molecule has 2 aromatic rings. The Labute approximate surface area is 148 Å². The van der Waals surface area contributed by atoms with Gasteiger partial charge in [0.05, 0.1) is 10.7 Å². The van der Waals surface area contributed by atoms with Crippen molar-refractivity contribution in [1.29, 1.82) is 0 Å². The number of nitrogens with one attached hydrogen (secondary N) is 1. The molecule has 1 saturated carbocycles. The Hall–Kier alpha value is -1.62. The van der Waals surface area contributed by atoms with Crippen LogP contribution in [0.1, 0.15) is 49.0 Å². The van der Waals surface area contributed by atoms with E-state index in [1.807, 2.05) is 6.92 Å². The van der Waals surface area contributed by atoms with Gasteiger partial charge in [-0.15, -0.1) is 11.3 Å². The lowest BCUT2D eigenvalue weighted by Crippen LogP contribution is -2.39. The first-order valence-corrected chi connectivity index (χ1v) is 9.70. The first-order chi connectivity index (χ1) is 11.4. The summed E-state index contributed by atoms with van der Waals surface area (Å²) < 4.78 is 2.10. The summed E-state index contributed by atoms with van der Waals surface area (Å²) in [5.41, 5.74) is 4.38. The van der Waals surface area contributed by atoms with Crippen molar-refractivity contribution >= 4 is 17.2 Å². The fourth-order valence-electron chi connectivity index (χ4n) is 3.61. The second kappa shape index (κ2) is 7.09. The molecule has 0 unspecified atom stereocenters. The van der Waals surface area contributed by atoms with Crippen LogP contribution in [0.4, 0.5) is 0 Å². The average molecular weight is 346 g/mol. The molecule has 5 heteroatoms. The van der Waals surface area contributed by atoms with Crippen LogP contribution in [0.3, 0.4) is 0 Å². The zero-order valence-corrected chi connectivity index (χ0v) is 15.9. The fraction of sp³-hybridized carbons (Fsp3) is 0.579. The molecule has 0 radical (unpaired) electrons. The lowest BCUT2D eigenvalue weighted by molar-refractivity contribution is -0.122. The van der Waals surface area contributed by atoms with E-state index < -0.39 is 0 Å². The Morgan fingerprint density at radius 1 is 1.29 bits per heavy atom. The molecule has 1 aliphatic rings. The third-order valence-corrected chi connectivity index (χ3v) is 5.92. The number of nitrogens with zero attached hydrogens (tertiary/aromatic N) is 2. The molecule has 1 amide bonds. The highest BCUT2D eigenvalue weighted by Crippen LogP contribution is 2.28. The number of carbonyl (C=O) groups excluding carboxylic acids is 1. The van der Waals surface area contributed by atoms with Crippen LogP contribution in [0.5, 0.6) is 0 Å². The van der Waals surface area contributed by atoms with Crippen molar-refractivity contribution in [1.82, 2.24) is 14.9 Å². The number of rotatable bonds is 4. The van der Waals surface area contributed by atoms with Gasteiger partial charge in [0.25, 0.3) is 0 Å². The van der Waals surface area contributed by atoms with Crippen LogP contribution in [-0.4, -0.2) is 21.5 Å². The first-order valence-electron chi connectivity index (χ1n) is 8.82. The summed E-state index contributed by atoms with van der Waals surface area (Å²) in [4.78, 5) is 17.1. The molecule has 24 heavy (non-hydrogen) atoms. The van der Waals surface area contributed by atoms with Crippen LogP contribution in [0.15, 0.2) is 11.4 Å². The highest BCUT2D eigenvalue weighted by Gasteiger charge is 2.21. The minimum absolute atomic E-state index is 0.123. The molecule has 0 aromatic carbocycles. The Morgan fingerprint density at radius 2 is 2.00 bits per heavy atom. The molecule has 2 heterocycles. The second-order valence-electron chi connectivity index (χ2n) is 7.15. The van der Waals surface area contributed by atoms with Gasteiger partial charge in [0, 0.05) is 28.4 Å². The van der Waals surface area contributed by atoms with Gasteiger partial charge in [-0.05, 0) is 58.4 Å². The van der Waals surface area contributed by atoms with Crippen LogP contribution in [0.2, 0.25) is 0 Å². The van der Waals surface area contributed by atoms with Crippen LogP contribution in [0, 0.1) is 26.7 Å². The zero-order chi connectivity index (χ0) is 17.3. The third-order valence-electron chi connectivity index (χ3n) is 5.15. The van der Waals surface area contributed by atoms with Gasteiger partial charge >= 0.3 is 0 Å². The van der Waals surface area contributed by atoms with Gasteiger partial charge in [0.1, 0.15) is 6.54 Å². The normalized spacial score (nSPS) is 21.0. The molecule has 0 spiro atoms. The second-order valence-corrected chi connectivity index (χ2v) is 8.21. The Morgan fingerprint density at radius 3 is 2.62 bits per heavy atom. The number of aryl methyl sites for hydroxylation is 2. The minimum Gasteiger partial charge on any atom is -0.352 e. The topological polar surface area (TPSA) is 46.9 Å². The van der Waals surface area contributed by atoms with E-state index in [0.717, 1.165) is 46.4 Å². The smallest absolute Gasteiger partial charge is 0.240 e. The van der Waals surface area contributed by atoms with E-state index in [-0.39, 0.29) is 5.91 Å². The van der Waals surface area contributed by atoms with Gasteiger partial charge < -0.3 is 9.88 Å². The molecule has 2 aromatic heterocycles. The Balaban J connectivity index is 1.69. The predicted molar refractivity (Wildman–Crippen MR) is 99.3 cm³/mol. The van der Waals surface area contributed by atoms with Crippen molar-refractivity contribution in [3.63, 3.8) is 0 Å². The molecule has 3 rings (SSSR count). The average Bonchev–Trinajstić information content (AvgIpc) is 3.08. The molecule has 0 aliphatic heterocycles. The highest BCUT2D eigenvalue weighted by atomic mass is 32.1. The molecular weight excluding hydrogens is 318 g/mol. The van der Waals surface area contributed by atoms with Gasteiger partial charge in [-0.3, -0.25) is 4.79 Å². The van der Waals surface area contributed by atoms with E-state index in [0.29, 0.717) is 12.6 Å². The molecule has 1 aliphatic carbocycles. The maximum atomic E-state index is 12.5. The SMILES string of the molecule is Cc1nc(-c2cc(C)n(CC(=O)NC3CCC(C)CC3)c2C)cs1. The quantitative estimate of drug-likeness (QED) is 0.901. The molecule has 1 fully saturated rings. The molecule has 0 bridgehead atoms. The van der Waals surface area contributed by atoms with E-state index in [2.05, 4.69) is 47.1 Å².